The third-order valence-electron chi connectivity index (χ3n) is 3.92. The van der Waals surface area contributed by atoms with Gasteiger partial charge in [0.05, 0.1) is 0 Å². The minimum atomic E-state index is -0.139. The van der Waals surface area contributed by atoms with Gasteiger partial charge in [-0.2, -0.15) is 0 Å². The summed E-state index contributed by atoms with van der Waals surface area (Å²) in [6.07, 6.45) is 3.18. The van der Waals surface area contributed by atoms with Crippen LogP contribution in [0.15, 0.2) is 18.2 Å². The lowest BCUT2D eigenvalue weighted by atomic mass is 10.0. The molecular formula is C15H23FN2. The number of anilines is 1. The Labute approximate surface area is 109 Å². The topological polar surface area (TPSA) is 29.3 Å². The summed E-state index contributed by atoms with van der Waals surface area (Å²) >= 11 is 0. The molecule has 0 aromatic heterocycles. The molecule has 1 fully saturated rings. The SMILES string of the molecule is CC(N)Cc1c(F)cccc1N(C)C(C)C1CC1. The molecular weight excluding hydrogens is 227 g/mol. The van der Waals surface area contributed by atoms with Gasteiger partial charge in [0.25, 0.3) is 0 Å². The zero-order chi connectivity index (χ0) is 13.3. The first-order chi connectivity index (χ1) is 8.50. The molecule has 100 valence electrons. The predicted octanol–water partition coefficient (Wildman–Crippen LogP) is 2.95. The second kappa shape index (κ2) is 5.27. The molecule has 2 rings (SSSR count). The monoisotopic (exact) mass is 250 g/mol. The summed E-state index contributed by atoms with van der Waals surface area (Å²) < 4.78 is 14.0. The van der Waals surface area contributed by atoms with Crippen LogP contribution in [0.1, 0.15) is 32.3 Å². The van der Waals surface area contributed by atoms with Crippen molar-refractivity contribution in [3.8, 4) is 0 Å². The summed E-state index contributed by atoms with van der Waals surface area (Å²) in [6, 6.07) is 5.76. The van der Waals surface area contributed by atoms with Crippen LogP contribution in [0.25, 0.3) is 0 Å². The van der Waals surface area contributed by atoms with E-state index in [1.54, 1.807) is 6.07 Å². The molecule has 0 bridgehead atoms. The van der Waals surface area contributed by atoms with Gasteiger partial charge in [-0.1, -0.05) is 6.07 Å². The molecule has 2 unspecified atom stereocenters. The number of benzene rings is 1. The summed E-state index contributed by atoms with van der Waals surface area (Å²) in [5.74, 6) is 0.626. The Balaban J connectivity index is 2.27. The van der Waals surface area contributed by atoms with Gasteiger partial charge in [0.2, 0.25) is 0 Å². The first-order valence-corrected chi connectivity index (χ1v) is 6.76. The largest absolute Gasteiger partial charge is 0.371 e. The van der Waals surface area contributed by atoms with E-state index in [-0.39, 0.29) is 11.9 Å². The van der Waals surface area contributed by atoms with Gasteiger partial charge >= 0.3 is 0 Å². The van der Waals surface area contributed by atoms with Crippen LogP contribution in [-0.4, -0.2) is 19.1 Å². The van der Waals surface area contributed by atoms with Crippen molar-refractivity contribution in [1.82, 2.24) is 0 Å². The van der Waals surface area contributed by atoms with Crippen LogP contribution in [0.3, 0.4) is 0 Å². The molecule has 0 heterocycles. The fraction of sp³-hybridized carbons (Fsp3) is 0.600. The van der Waals surface area contributed by atoms with Gasteiger partial charge < -0.3 is 10.6 Å². The van der Waals surface area contributed by atoms with Crippen LogP contribution in [-0.2, 0) is 6.42 Å². The predicted molar refractivity (Wildman–Crippen MR) is 74.3 cm³/mol. The molecule has 0 spiro atoms. The molecule has 18 heavy (non-hydrogen) atoms. The van der Waals surface area contributed by atoms with E-state index in [1.165, 1.54) is 18.9 Å². The van der Waals surface area contributed by atoms with E-state index < -0.39 is 0 Å². The summed E-state index contributed by atoms with van der Waals surface area (Å²) in [7, 11) is 2.06. The lowest BCUT2D eigenvalue weighted by Gasteiger charge is -2.29. The van der Waals surface area contributed by atoms with E-state index in [0.29, 0.717) is 12.5 Å². The van der Waals surface area contributed by atoms with E-state index in [1.807, 2.05) is 13.0 Å². The second-order valence-electron chi connectivity index (χ2n) is 5.61. The first-order valence-electron chi connectivity index (χ1n) is 6.76. The third kappa shape index (κ3) is 2.83. The van der Waals surface area contributed by atoms with Crippen molar-refractivity contribution in [3.63, 3.8) is 0 Å². The maximum absolute atomic E-state index is 14.0. The Morgan fingerprint density at radius 3 is 2.61 bits per heavy atom. The molecule has 1 aromatic carbocycles. The number of hydrogen-bond acceptors (Lipinski definition) is 2. The van der Waals surface area contributed by atoms with Gasteiger partial charge in [0, 0.05) is 30.4 Å². The highest BCUT2D eigenvalue weighted by atomic mass is 19.1. The molecule has 0 radical (unpaired) electrons. The van der Waals surface area contributed by atoms with Crippen molar-refractivity contribution in [1.29, 1.82) is 0 Å². The van der Waals surface area contributed by atoms with Crippen molar-refractivity contribution in [2.75, 3.05) is 11.9 Å². The number of nitrogens with zero attached hydrogens (tertiary/aromatic N) is 1. The molecule has 1 saturated carbocycles. The van der Waals surface area contributed by atoms with E-state index >= 15 is 0 Å². The summed E-state index contributed by atoms with van der Waals surface area (Å²) in [5, 5.41) is 0. The van der Waals surface area contributed by atoms with Gasteiger partial charge in [-0.15, -0.1) is 0 Å². The van der Waals surface area contributed by atoms with Gasteiger partial charge in [-0.25, -0.2) is 4.39 Å². The second-order valence-corrected chi connectivity index (χ2v) is 5.61. The minimum Gasteiger partial charge on any atom is -0.371 e. The molecule has 0 saturated heterocycles. The van der Waals surface area contributed by atoms with Crippen molar-refractivity contribution < 1.29 is 4.39 Å². The molecule has 1 aromatic rings. The Morgan fingerprint density at radius 1 is 1.39 bits per heavy atom. The minimum absolute atomic E-state index is 0.0229. The standard InChI is InChI=1S/C15H23FN2/c1-10(17)9-13-14(16)5-4-6-15(13)18(3)11(2)12-7-8-12/h4-6,10-12H,7-9,17H2,1-3H3. The van der Waals surface area contributed by atoms with Gasteiger partial charge in [0.15, 0.2) is 0 Å². The maximum Gasteiger partial charge on any atom is 0.128 e. The van der Waals surface area contributed by atoms with Crippen LogP contribution in [0.5, 0.6) is 0 Å². The van der Waals surface area contributed by atoms with E-state index in [2.05, 4.69) is 18.9 Å². The fourth-order valence-electron chi connectivity index (χ4n) is 2.52. The van der Waals surface area contributed by atoms with Crippen LogP contribution < -0.4 is 10.6 Å². The van der Waals surface area contributed by atoms with Gasteiger partial charge in [-0.3, -0.25) is 0 Å². The van der Waals surface area contributed by atoms with Crippen molar-refractivity contribution >= 4 is 5.69 Å². The van der Waals surface area contributed by atoms with E-state index in [0.717, 1.165) is 17.2 Å². The lowest BCUT2D eigenvalue weighted by molar-refractivity contribution is 0.579. The summed E-state index contributed by atoms with van der Waals surface area (Å²) in [6.45, 7) is 4.14. The van der Waals surface area contributed by atoms with Crippen LogP contribution in [0.4, 0.5) is 10.1 Å². The molecule has 1 aliphatic carbocycles. The average Bonchev–Trinajstić information content (AvgIpc) is 3.13. The molecule has 1 aliphatic rings. The van der Waals surface area contributed by atoms with Crippen molar-refractivity contribution in [2.45, 2.75) is 45.2 Å². The van der Waals surface area contributed by atoms with Crippen LogP contribution >= 0.6 is 0 Å². The zero-order valence-electron chi connectivity index (χ0n) is 11.5. The van der Waals surface area contributed by atoms with Gasteiger partial charge in [0.1, 0.15) is 5.82 Å². The molecule has 2 atom stereocenters. The molecule has 3 heteroatoms. The maximum atomic E-state index is 14.0. The Bertz CT molecular complexity index is 413. The summed E-state index contributed by atoms with van der Waals surface area (Å²) in [5.41, 5.74) is 7.57. The Hall–Kier alpha value is -1.09. The smallest absolute Gasteiger partial charge is 0.128 e. The number of halogens is 1. The Kier molecular flexibility index (Phi) is 3.91. The zero-order valence-corrected chi connectivity index (χ0v) is 11.5. The van der Waals surface area contributed by atoms with Crippen molar-refractivity contribution in [2.24, 2.45) is 11.7 Å². The summed E-state index contributed by atoms with van der Waals surface area (Å²) in [4.78, 5) is 2.21. The van der Waals surface area contributed by atoms with E-state index in [9.17, 15) is 4.39 Å². The molecule has 2 nitrogen and oxygen atoms in total. The third-order valence-corrected chi connectivity index (χ3v) is 3.92. The highest BCUT2D eigenvalue weighted by molar-refractivity contribution is 5.55. The number of hydrogen-bond donors (Lipinski definition) is 1. The molecule has 2 N–H and O–H groups in total. The Morgan fingerprint density at radius 2 is 2.06 bits per heavy atom. The number of nitrogens with two attached hydrogens (primary N) is 1. The highest BCUT2D eigenvalue weighted by Crippen LogP contribution is 2.37. The quantitative estimate of drug-likeness (QED) is 0.870. The fourth-order valence-corrected chi connectivity index (χ4v) is 2.52. The molecule has 0 amide bonds. The van der Waals surface area contributed by atoms with Crippen LogP contribution in [0.2, 0.25) is 0 Å². The van der Waals surface area contributed by atoms with E-state index in [4.69, 9.17) is 5.73 Å². The van der Waals surface area contributed by atoms with Crippen molar-refractivity contribution in [3.05, 3.63) is 29.6 Å². The van der Waals surface area contributed by atoms with Gasteiger partial charge in [-0.05, 0) is 51.2 Å². The average molecular weight is 250 g/mol. The highest BCUT2D eigenvalue weighted by Gasteiger charge is 2.31. The number of rotatable bonds is 5. The lowest BCUT2D eigenvalue weighted by Crippen LogP contribution is -2.32. The van der Waals surface area contributed by atoms with Crippen LogP contribution in [0, 0.1) is 11.7 Å². The normalized spacial score (nSPS) is 18.5. The molecule has 0 aliphatic heterocycles. The first kappa shape index (κ1) is 13.3.